The van der Waals surface area contributed by atoms with Crippen LogP contribution in [0.5, 0.6) is 5.75 Å². The first-order valence-electron chi connectivity index (χ1n) is 9.86. The Morgan fingerprint density at radius 3 is 2.50 bits per heavy atom. The van der Waals surface area contributed by atoms with Gasteiger partial charge in [-0.15, -0.1) is 0 Å². The van der Waals surface area contributed by atoms with Gasteiger partial charge < -0.3 is 19.1 Å². The summed E-state index contributed by atoms with van der Waals surface area (Å²) in [6.45, 7) is 1.35. The van der Waals surface area contributed by atoms with E-state index in [-0.39, 0.29) is 25.4 Å². The molecule has 0 atom stereocenters. The molecule has 0 saturated heterocycles. The van der Waals surface area contributed by atoms with Gasteiger partial charge in [-0.3, -0.25) is 9.78 Å². The first-order chi connectivity index (χ1) is 14.2. The quantitative estimate of drug-likeness (QED) is 0.607. The smallest absolute Gasteiger partial charge is 0.343 e. The van der Waals surface area contributed by atoms with Crippen molar-refractivity contribution < 1.29 is 27.8 Å². The molecule has 1 N–H and O–H groups in total. The topological polar surface area (TPSA) is 125 Å². The van der Waals surface area contributed by atoms with Crippen molar-refractivity contribution in [3.63, 3.8) is 0 Å². The second-order valence-electron chi connectivity index (χ2n) is 8.00. The normalized spacial score (nSPS) is 18.8. The van der Waals surface area contributed by atoms with Crippen molar-refractivity contribution >= 4 is 26.8 Å². The van der Waals surface area contributed by atoms with Gasteiger partial charge in [0.1, 0.15) is 28.2 Å². The second kappa shape index (κ2) is 7.05. The molecule has 0 radical (unpaired) electrons. The average Bonchev–Trinajstić information content (AvgIpc) is 3.63. The molecule has 162 valence electrons. The number of sulfone groups is 1. The van der Waals surface area contributed by atoms with Gasteiger partial charge in [0.2, 0.25) is 0 Å². The van der Waals surface area contributed by atoms with Gasteiger partial charge in [0.25, 0.3) is 5.56 Å². The zero-order valence-corrected chi connectivity index (χ0v) is 17.7. The molecule has 2 aromatic heterocycles. The number of pyridine rings is 2. The fourth-order valence-electron chi connectivity index (χ4n) is 3.80. The molecule has 0 aromatic carbocycles. The third-order valence-corrected chi connectivity index (χ3v) is 9.44. The Balaban J connectivity index is 1.67. The van der Waals surface area contributed by atoms with Gasteiger partial charge >= 0.3 is 5.97 Å². The Morgan fingerprint density at radius 1 is 1.27 bits per heavy atom. The number of fused-ring (bicyclic) bond motifs is 1. The van der Waals surface area contributed by atoms with Gasteiger partial charge in [0.15, 0.2) is 9.84 Å². The van der Waals surface area contributed by atoms with Crippen molar-refractivity contribution in [1.29, 1.82) is 0 Å². The van der Waals surface area contributed by atoms with E-state index in [1.165, 1.54) is 23.9 Å². The van der Waals surface area contributed by atoms with E-state index >= 15 is 0 Å². The molecule has 2 aliphatic carbocycles. The van der Waals surface area contributed by atoms with E-state index in [1.807, 2.05) is 0 Å². The molecule has 0 aliphatic heterocycles. The molecule has 0 amide bonds. The van der Waals surface area contributed by atoms with Crippen LogP contribution in [0.1, 0.15) is 43.0 Å². The van der Waals surface area contributed by atoms with Crippen LogP contribution in [-0.4, -0.2) is 58.4 Å². The summed E-state index contributed by atoms with van der Waals surface area (Å²) in [6, 6.07) is 2.92. The summed E-state index contributed by atoms with van der Waals surface area (Å²) in [6.07, 6.45) is 3.37. The number of hydrogen-bond donors (Lipinski definition) is 1. The number of aliphatic hydroxyl groups is 1. The van der Waals surface area contributed by atoms with Crippen LogP contribution in [0.3, 0.4) is 0 Å². The standard InChI is InChI=1S/C20H24N2O7S/c1-3-28-18(25)13-10-14-16(22(2)17(13)24)15(4-9-21-14)29-12-20(7-8-20)30(26,27)19(11-23)5-6-19/h4,9-10,23H,3,5-8,11-12H2,1-2H3. The summed E-state index contributed by atoms with van der Waals surface area (Å²) in [5.74, 6) is -0.416. The Morgan fingerprint density at radius 2 is 1.93 bits per heavy atom. The molecule has 2 aliphatic rings. The lowest BCUT2D eigenvalue weighted by Crippen LogP contribution is -2.41. The van der Waals surface area contributed by atoms with Crippen LogP contribution < -0.4 is 10.3 Å². The van der Waals surface area contributed by atoms with E-state index in [0.717, 1.165) is 0 Å². The molecular weight excluding hydrogens is 412 g/mol. The maximum Gasteiger partial charge on any atom is 0.343 e. The van der Waals surface area contributed by atoms with Crippen LogP contribution >= 0.6 is 0 Å². The summed E-state index contributed by atoms with van der Waals surface area (Å²) >= 11 is 0. The van der Waals surface area contributed by atoms with Gasteiger partial charge in [0.05, 0.1) is 23.5 Å². The molecule has 0 unspecified atom stereocenters. The number of nitrogens with zero attached hydrogens (tertiary/aromatic N) is 2. The maximum absolute atomic E-state index is 13.1. The van der Waals surface area contributed by atoms with Crippen LogP contribution in [0.25, 0.3) is 11.0 Å². The molecular formula is C20H24N2O7S. The van der Waals surface area contributed by atoms with E-state index in [2.05, 4.69) is 4.98 Å². The number of esters is 1. The van der Waals surface area contributed by atoms with Crippen LogP contribution in [0.2, 0.25) is 0 Å². The molecule has 2 fully saturated rings. The molecule has 2 heterocycles. The molecule has 30 heavy (non-hydrogen) atoms. The predicted octanol–water partition coefficient (Wildman–Crippen LogP) is 0.961. The largest absolute Gasteiger partial charge is 0.490 e. The molecule has 0 spiro atoms. The number of carbonyl (C=O) groups excluding carboxylic acids is 1. The van der Waals surface area contributed by atoms with Crippen molar-refractivity contribution in [2.75, 3.05) is 19.8 Å². The average molecular weight is 436 g/mol. The van der Waals surface area contributed by atoms with Crippen LogP contribution in [-0.2, 0) is 21.6 Å². The zero-order chi connectivity index (χ0) is 21.7. The third kappa shape index (κ3) is 3.01. The molecule has 0 bridgehead atoms. The Bertz CT molecular complexity index is 1180. The van der Waals surface area contributed by atoms with E-state index in [0.29, 0.717) is 42.5 Å². The van der Waals surface area contributed by atoms with Gasteiger partial charge in [-0.2, -0.15) is 0 Å². The van der Waals surface area contributed by atoms with Crippen LogP contribution in [0.15, 0.2) is 23.1 Å². The number of rotatable bonds is 8. The number of aliphatic hydroxyl groups excluding tert-OH is 1. The molecule has 4 rings (SSSR count). The molecule has 2 saturated carbocycles. The van der Waals surface area contributed by atoms with Crippen molar-refractivity contribution in [3.8, 4) is 5.75 Å². The summed E-state index contributed by atoms with van der Waals surface area (Å²) in [4.78, 5) is 28.9. The summed E-state index contributed by atoms with van der Waals surface area (Å²) in [5.41, 5.74) is 0.0487. The minimum absolute atomic E-state index is 0.0655. The Hall–Kier alpha value is -2.46. The van der Waals surface area contributed by atoms with Crippen LogP contribution in [0.4, 0.5) is 0 Å². The number of hydrogen-bond acceptors (Lipinski definition) is 8. The van der Waals surface area contributed by atoms with Gasteiger partial charge in [-0.1, -0.05) is 0 Å². The highest BCUT2D eigenvalue weighted by Gasteiger charge is 2.67. The maximum atomic E-state index is 13.1. The summed E-state index contributed by atoms with van der Waals surface area (Å²) < 4.78 is 36.2. The highest BCUT2D eigenvalue weighted by Crippen LogP contribution is 2.56. The second-order valence-corrected chi connectivity index (χ2v) is 10.7. The van der Waals surface area contributed by atoms with Crippen molar-refractivity contribution in [3.05, 3.63) is 34.2 Å². The highest BCUT2D eigenvalue weighted by molar-refractivity contribution is 7.94. The third-order valence-electron chi connectivity index (χ3n) is 6.10. The van der Waals surface area contributed by atoms with E-state index in [4.69, 9.17) is 9.47 Å². The van der Waals surface area contributed by atoms with E-state index in [9.17, 15) is 23.1 Å². The van der Waals surface area contributed by atoms with E-state index < -0.39 is 30.9 Å². The Kier molecular flexibility index (Phi) is 4.89. The van der Waals surface area contributed by atoms with Crippen LogP contribution in [0, 0.1) is 0 Å². The van der Waals surface area contributed by atoms with Crippen molar-refractivity contribution in [2.45, 2.75) is 42.1 Å². The SMILES string of the molecule is CCOC(=O)c1cc2nccc(OCC3(S(=O)(=O)C4(CO)CC4)CC3)c2n(C)c1=O. The minimum Gasteiger partial charge on any atom is -0.490 e. The first kappa shape index (κ1) is 20.8. The Labute approximate surface area is 173 Å². The lowest BCUT2D eigenvalue weighted by molar-refractivity contribution is 0.0524. The lowest BCUT2D eigenvalue weighted by atomic mass is 10.2. The lowest BCUT2D eigenvalue weighted by Gasteiger charge is -2.23. The van der Waals surface area contributed by atoms with Gasteiger partial charge in [-0.25, -0.2) is 13.2 Å². The van der Waals surface area contributed by atoms with Gasteiger partial charge in [0, 0.05) is 19.3 Å². The number of ether oxygens (including phenoxy) is 2. The summed E-state index contributed by atoms with van der Waals surface area (Å²) in [5, 5.41) is 9.58. The predicted molar refractivity (Wildman–Crippen MR) is 108 cm³/mol. The fourth-order valence-corrected chi connectivity index (χ4v) is 6.38. The molecule has 10 heteroatoms. The monoisotopic (exact) mass is 436 g/mol. The van der Waals surface area contributed by atoms with Crippen molar-refractivity contribution in [1.82, 2.24) is 9.55 Å². The van der Waals surface area contributed by atoms with E-state index in [1.54, 1.807) is 13.0 Å². The first-order valence-corrected chi connectivity index (χ1v) is 11.3. The van der Waals surface area contributed by atoms with Gasteiger partial charge in [-0.05, 0) is 38.7 Å². The highest BCUT2D eigenvalue weighted by atomic mass is 32.2. The molecule has 9 nitrogen and oxygen atoms in total. The fraction of sp³-hybridized carbons (Fsp3) is 0.550. The minimum atomic E-state index is -3.55. The number of aromatic nitrogens is 2. The van der Waals surface area contributed by atoms with Crippen molar-refractivity contribution in [2.24, 2.45) is 7.05 Å². The summed E-state index contributed by atoms with van der Waals surface area (Å²) in [7, 11) is -2.06. The molecule has 2 aromatic rings. The zero-order valence-electron chi connectivity index (χ0n) is 16.9. The number of aryl methyl sites for hydroxylation is 1. The number of carbonyl (C=O) groups is 1.